The van der Waals surface area contributed by atoms with Gasteiger partial charge < -0.3 is 20.5 Å². The molecule has 0 aromatic carbocycles. The summed E-state index contributed by atoms with van der Waals surface area (Å²) in [4.78, 5) is 23.8. The molecule has 0 spiro atoms. The second-order valence-electron chi connectivity index (χ2n) is 4.11. The zero-order chi connectivity index (χ0) is 12.1. The minimum atomic E-state index is -0.911. The number of amides is 1. The van der Waals surface area contributed by atoms with Crippen molar-refractivity contribution in [3.05, 3.63) is 0 Å². The molecule has 1 fully saturated rings. The SMILES string of the molecule is CC(N)CC(=O)N1CCOC(CC(=O)O)C1. The molecule has 1 aliphatic heterocycles. The van der Waals surface area contributed by atoms with Gasteiger partial charge in [-0.3, -0.25) is 9.59 Å². The number of carbonyl (C=O) groups is 2. The van der Waals surface area contributed by atoms with E-state index in [1.165, 1.54) is 0 Å². The van der Waals surface area contributed by atoms with Gasteiger partial charge in [-0.25, -0.2) is 0 Å². The summed E-state index contributed by atoms with van der Waals surface area (Å²) in [5.41, 5.74) is 5.54. The van der Waals surface area contributed by atoms with Crippen LogP contribution < -0.4 is 5.73 Å². The van der Waals surface area contributed by atoms with Crippen LogP contribution in [0.1, 0.15) is 19.8 Å². The van der Waals surface area contributed by atoms with Gasteiger partial charge in [-0.1, -0.05) is 0 Å². The second kappa shape index (κ2) is 5.81. The van der Waals surface area contributed by atoms with Crippen LogP contribution in [0.5, 0.6) is 0 Å². The van der Waals surface area contributed by atoms with Crippen LogP contribution in [0, 0.1) is 0 Å². The largest absolute Gasteiger partial charge is 0.481 e. The highest BCUT2D eigenvalue weighted by atomic mass is 16.5. The maximum absolute atomic E-state index is 11.7. The first-order chi connectivity index (χ1) is 7.49. The number of rotatable bonds is 4. The maximum atomic E-state index is 11.7. The number of carboxylic acid groups (broad SMARTS) is 1. The lowest BCUT2D eigenvalue weighted by Crippen LogP contribution is -2.47. The van der Waals surface area contributed by atoms with Crippen LogP contribution in [-0.2, 0) is 14.3 Å². The molecule has 0 bridgehead atoms. The van der Waals surface area contributed by atoms with Gasteiger partial charge in [0.1, 0.15) is 0 Å². The third-order valence-corrected chi connectivity index (χ3v) is 2.39. The molecule has 1 amide bonds. The van der Waals surface area contributed by atoms with Gasteiger partial charge in [0.05, 0.1) is 19.1 Å². The van der Waals surface area contributed by atoms with Crippen molar-refractivity contribution < 1.29 is 19.4 Å². The van der Waals surface area contributed by atoms with Crippen LogP contribution in [0.15, 0.2) is 0 Å². The summed E-state index contributed by atoms with van der Waals surface area (Å²) >= 11 is 0. The monoisotopic (exact) mass is 230 g/mol. The maximum Gasteiger partial charge on any atom is 0.306 e. The Balaban J connectivity index is 2.43. The zero-order valence-electron chi connectivity index (χ0n) is 9.39. The van der Waals surface area contributed by atoms with E-state index < -0.39 is 12.1 Å². The summed E-state index contributed by atoms with van der Waals surface area (Å²) in [6, 6.07) is -0.173. The Morgan fingerprint density at radius 3 is 2.88 bits per heavy atom. The number of carboxylic acids is 1. The van der Waals surface area contributed by atoms with Crippen LogP contribution in [0.3, 0.4) is 0 Å². The van der Waals surface area contributed by atoms with E-state index in [4.69, 9.17) is 15.6 Å². The van der Waals surface area contributed by atoms with Gasteiger partial charge in [-0.05, 0) is 6.92 Å². The average Bonchev–Trinajstić information content (AvgIpc) is 2.16. The molecule has 2 atom stereocenters. The highest BCUT2D eigenvalue weighted by Crippen LogP contribution is 2.10. The summed E-state index contributed by atoms with van der Waals surface area (Å²) in [7, 11) is 0. The molecular formula is C10H18N2O4. The minimum absolute atomic E-state index is 0.0336. The van der Waals surface area contributed by atoms with Crippen LogP contribution in [0.2, 0.25) is 0 Å². The zero-order valence-corrected chi connectivity index (χ0v) is 9.39. The summed E-state index contributed by atoms with van der Waals surface area (Å²) in [5, 5.41) is 8.63. The average molecular weight is 230 g/mol. The summed E-state index contributed by atoms with van der Waals surface area (Å²) < 4.78 is 5.27. The third kappa shape index (κ3) is 4.16. The lowest BCUT2D eigenvalue weighted by atomic mass is 10.1. The number of hydrogen-bond acceptors (Lipinski definition) is 4. The second-order valence-corrected chi connectivity index (χ2v) is 4.11. The van der Waals surface area contributed by atoms with E-state index in [-0.39, 0.29) is 18.4 Å². The fourth-order valence-electron chi connectivity index (χ4n) is 1.67. The molecule has 92 valence electrons. The van der Waals surface area contributed by atoms with E-state index in [1.807, 2.05) is 0 Å². The molecule has 6 nitrogen and oxygen atoms in total. The smallest absolute Gasteiger partial charge is 0.306 e. The molecule has 3 N–H and O–H groups in total. The Bertz CT molecular complexity index is 268. The van der Waals surface area contributed by atoms with Crippen molar-refractivity contribution >= 4 is 11.9 Å². The number of morpholine rings is 1. The van der Waals surface area contributed by atoms with Gasteiger partial charge in [-0.2, -0.15) is 0 Å². The molecule has 0 radical (unpaired) electrons. The molecule has 0 aliphatic carbocycles. The van der Waals surface area contributed by atoms with Gasteiger partial charge in [0.2, 0.25) is 5.91 Å². The van der Waals surface area contributed by atoms with Crippen molar-refractivity contribution in [2.24, 2.45) is 5.73 Å². The highest BCUT2D eigenvalue weighted by Gasteiger charge is 2.25. The first-order valence-corrected chi connectivity index (χ1v) is 5.35. The van der Waals surface area contributed by atoms with Gasteiger partial charge >= 0.3 is 5.97 Å². The van der Waals surface area contributed by atoms with Crippen molar-refractivity contribution in [3.63, 3.8) is 0 Å². The number of nitrogens with two attached hydrogens (primary N) is 1. The number of ether oxygens (including phenoxy) is 1. The summed E-state index contributed by atoms with van der Waals surface area (Å²) in [6.45, 7) is 3.02. The Morgan fingerprint density at radius 1 is 1.62 bits per heavy atom. The van der Waals surface area contributed by atoms with E-state index in [9.17, 15) is 9.59 Å². The highest BCUT2D eigenvalue weighted by molar-refractivity contribution is 5.77. The number of carbonyl (C=O) groups excluding carboxylic acids is 1. The van der Waals surface area contributed by atoms with E-state index in [1.54, 1.807) is 11.8 Å². The van der Waals surface area contributed by atoms with Crippen molar-refractivity contribution in [2.75, 3.05) is 19.7 Å². The predicted octanol–water partition coefficient (Wildman–Crippen LogP) is -0.574. The van der Waals surface area contributed by atoms with Gasteiger partial charge in [-0.15, -0.1) is 0 Å². The Hall–Kier alpha value is -1.14. The topological polar surface area (TPSA) is 92.9 Å². The minimum Gasteiger partial charge on any atom is -0.481 e. The molecule has 1 rings (SSSR count). The molecule has 6 heteroatoms. The fraction of sp³-hybridized carbons (Fsp3) is 0.800. The van der Waals surface area contributed by atoms with Crippen molar-refractivity contribution in [3.8, 4) is 0 Å². The van der Waals surface area contributed by atoms with E-state index in [2.05, 4.69) is 0 Å². The predicted molar refractivity (Wildman–Crippen MR) is 56.8 cm³/mol. The normalized spacial score (nSPS) is 22.9. The Kier molecular flexibility index (Phi) is 4.70. The molecule has 0 saturated carbocycles. The lowest BCUT2D eigenvalue weighted by Gasteiger charge is -2.32. The molecule has 0 aromatic rings. The molecule has 1 saturated heterocycles. The van der Waals surface area contributed by atoms with Crippen LogP contribution in [0.4, 0.5) is 0 Å². The number of aliphatic carboxylic acids is 1. The van der Waals surface area contributed by atoms with E-state index >= 15 is 0 Å². The quantitative estimate of drug-likeness (QED) is 0.674. The summed E-state index contributed by atoms with van der Waals surface area (Å²) in [5.74, 6) is -0.944. The number of nitrogens with zero attached hydrogens (tertiary/aromatic N) is 1. The van der Waals surface area contributed by atoms with Crippen LogP contribution in [-0.4, -0.2) is 53.7 Å². The van der Waals surface area contributed by atoms with Gasteiger partial charge in [0, 0.05) is 25.6 Å². The fourth-order valence-corrected chi connectivity index (χ4v) is 1.67. The number of hydrogen-bond donors (Lipinski definition) is 2. The van der Waals surface area contributed by atoms with Crippen LogP contribution in [0.25, 0.3) is 0 Å². The molecule has 16 heavy (non-hydrogen) atoms. The molecule has 1 aliphatic rings. The van der Waals surface area contributed by atoms with E-state index in [0.717, 1.165) is 0 Å². The summed E-state index contributed by atoms with van der Waals surface area (Å²) in [6.07, 6.45) is -0.176. The van der Waals surface area contributed by atoms with Crippen molar-refractivity contribution in [1.82, 2.24) is 4.90 Å². The third-order valence-electron chi connectivity index (χ3n) is 2.39. The Labute approximate surface area is 94.3 Å². The Morgan fingerprint density at radius 2 is 2.31 bits per heavy atom. The van der Waals surface area contributed by atoms with Gasteiger partial charge in [0.25, 0.3) is 0 Å². The van der Waals surface area contributed by atoms with Crippen molar-refractivity contribution in [1.29, 1.82) is 0 Å². The molecule has 0 aromatic heterocycles. The first-order valence-electron chi connectivity index (χ1n) is 5.35. The first kappa shape index (κ1) is 12.9. The molecule has 1 heterocycles. The van der Waals surface area contributed by atoms with E-state index in [0.29, 0.717) is 26.1 Å². The molecular weight excluding hydrogens is 212 g/mol. The lowest BCUT2D eigenvalue weighted by molar-refractivity contribution is -0.147. The standard InChI is InChI=1S/C10H18N2O4/c1-7(11)4-9(13)12-2-3-16-8(6-12)5-10(14)15/h7-8H,2-6,11H2,1H3,(H,14,15). The van der Waals surface area contributed by atoms with Crippen LogP contribution >= 0.6 is 0 Å². The van der Waals surface area contributed by atoms with Crippen molar-refractivity contribution in [2.45, 2.75) is 31.9 Å². The molecule has 2 unspecified atom stereocenters. The van der Waals surface area contributed by atoms with Gasteiger partial charge in [0.15, 0.2) is 0 Å².